The summed E-state index contributed by atoms with van der Waals surface area (Å²) < 4.78 is 5.77. The van der Waals surface area contributed by atoms with Crippen molar-refractivity contribution in [3.05, 3.63) is 52.7 Å². The summed E-state index contributed by atoms with van der Waals surface area (Å²) in [5.41, 5.74) is 2.15. The fourth-order valence-electron chi connectivity index (χ4n) is 1.93. The minimum Gasteiger partial charge on any atom is -0.487 e. The van der Waals surface area contributed by atoms with Gasteiger partial charge in [-0.15, -0.1) is 0 Å². The molecule has 3 nitrogen and oxygen atoms in total. The van der Waals surface area contributed by atoms with E-state index in [1.54, 1.807) is 0 Å². The Kier molecular flexibility index (Phi) is 4.73. The van der Waals surface area contributed by atoms with Gasteiger partial charge in [0.2, 0.25) is 0 Å². The molecule has 0 unspecified atom stereocenters. The molecule has 0 fully saturated rings. The number of anilines is 1. The van der Waals surface area contributed by atoms with E-state index in [0.29, 0.717) is 11.6 Å². The third kappa shape index (κ3) is 4.11. The van der Waals surface area contributed by atoms with Gasteiger partial charge in [-0.2, -0.15) is 0 Å². The molecule has 2 rings (SSSR count). The topological polar surface area (TPSA) is 34.1 Å². The van der Waals surface area contributed by atoms with Gasteiger partial charge in [0.25, 0.3) is 0 Å². The smallest absolute Gasteiger partial charge is 0.132 e. The monoisotopic (exact) mass is 304 g/mol. The molecule has 1 N–H and O–H groups in total. The maximum Gasteiger partial charge on any atom is 0.132 e. The predicted octanol–water partition coefficient (Wildman–Crippen LogP) is 4.65. The summed E-state index contributed by atoms with van der Waals surface area (Å²) in [6.07, 6.45) is 0. The largest absolute Gasteiger partial charge is 0.487 e. The van der Waals surface area contributed by atoms with E-state index < -0.39 is 0 Å². The van der Waals surface area contributed by atoms with Crippen molar-refractivity contribution in [1.82, 2.24) is 4.98 Å². The van der Waals surface area contributed by atoms with Gasteiger partial charge < -0.3 is 10.1 Å². The van der Waals surface area contributed by atoms with Crippen molar-refractivity contribution in [3.8, 4) is 5.75 Å². The van der Waals surface area contributed by atoms with Crippen LogP contribution in [-0.2, 0) is 12.0 Å². The molecule has 21 heavy (non-hydrogen) atoms. The predicted molar refractivity (Wildman–Crippen MR) is 88.3 cm³/mol. The van der Waals surface area contributed by atoms with Crippen LogP contribution in [0.1, 0.15) is 32.0 Å². The second kappa shape index (κ2) is 6.35. The normalized spacial score (nSPS) is 11.3. The van der Waals surface area contributed by atoms with Gasteiger partial charge in [0.15, 0.2) is 0 Å². The number of nitrogens with one attached hydrogen (secondary N) is 1. The number of benzene rings is 1. The Morgan fingerprint density at radius 3 is 2.33 bits per heavy atom. The number of aromatic nitrogens is 1. The first-order valence-corrected chi connectivity index (χ1v) is 7.34. The Morgan fingerprint density at radius 1 is 1.10 bits per heavy atom. The Morgan fingerprint density at radius 2 is 1.76 bits per heavy atom. The van der Waals surface area contributed by atoms with E-state index in [2.05, 4.69) is 43.2 Å². The van der Waals surface area contributed by atoms with Crippen molar-refractivity contribution in [2.75, 3.05) is 12.4 Å². The lowest BCUT2D eigenvalue weighted by atomic mass is 9.87. The van der Waals surface area contributed by atoms with Gasteiger partial charge >= 0.3 is 0 Å². The average Bonchev–Trinajstić information content (AvgIpc) is 2.46. The van der Waals surface area contributed by atoms with Crippen LogP contribution in [-0.4, -0.2) is 12.0 Å². The van der Waals surface area contributed by atoms with Crippen LogP contribution in [0.5, 0.6) is 5.75 Å². The van der Waals surface area contributed by atoms with Crippen LogP contribution in [0.4, 0.5) is 5.82 Å². The molecule has 0 saturated carbocycles. The van der Waals surface area contributed by atoms with Crippen molar-refractivity contribution >= 4 is 17.4 Å². The first-order valence-electron chi connectivity index (χ1n) is 6.96. The summed E-state index contributed by atoms with van der Waals surface area (Å²) in [6, 6.07) is 11.8. The van der Waals surface area contributed by atoms with Crippen LogP contribution in [0.3, 0.4) is 0 Å². The van der Waals surface area contributed by atoms with Crippen molar-refractivity contribution in [2.24, 2.45) is 0 Å². The highest BCUT2D eigenvalue weighted by Gasteiger charge is 2.13. The van der Waals surface area contributed by atoms with Crippen LogP contribution in [0.2, 0.25) is 5.02 Å². The van der Waals surface area contributed by atoms with E-state index in [-0.39, 0.29) is 5.41 Å². The standard InChI is InChI=1S/C17H21ClN2O/c1-17(2,3)12-5-7-13(8-6-12)21-11-15-14(18)9-10-16(19-4)20-15/h5-10H,11H2,1-4H3,(H,19,20). The van der Waals surface area contributed by atoms with E-state index in [1.807, 2.05) is 31.3 Å². The molecule has 0 amide bonds. The van der Waals surface area contributed by atoms with Crippen molar-refractivity contribution in [3.63, 3.8) is 0 Å². The molecule has 0 bridgehead atoms. The zero-order valence-corrected chi connectivity index (χ0v) is 13.7. The number of rotatable bonds is 4. The quantitative estimate of drug-likeness (QED) is 0.892. The van der Waals surface area contributed by atoms with Crippen LogP contribution in [0.25, 0.3) is 0 Å². The molecule has 2 aromatic rings. The molecule has 112 valence electrons. The molecule has 1 aromatic carbocycles. The molecule has 0 spiro atoms. The Bertz CT molecular complexity index is 603. The molecular formula is C17H21ClN2O. The molecule has 0 aliphatic rings. The number of halogens is 1. The molecule has 0 aliphatic heterocycles. The highest BCUT2D eigenvalue weighted by Crippen LogP contribution is 2.25. The van der Waals surface area contributed by atoms with Crippen LogP contribution >= 0.6 is 11.6 Å². The average molecular weight is 305 g/mol. The first kappa shape index (κ1) is 15.6. The van der Waals surface area contributed by atoms with Gasteiger partial charge in [0, 0.05) is 7.05 Å². The van der Waals surface area contributed by atoms with Gasteiger partial charge in [-0.05, 0) is 35.2 Å². The summed E-state index contributed by atoms with van der Waals surface area (Å²) in [6.45, 7) is 6.92. The summed E-state index contributed by atoms with van der Waals surface area (Å²) >= 11 is 6.13. The number of hydrogen-bond acceptors (Lipinski definition) is 3. The number of hydrogen-bond donors (Lipinski definition) is 1. The summed E-state index contributed by atoms with van der Waals surface area (Å²) in [7, 11) is 1.83. The van der Waals surface area contributed by atoms with Crippen LogP contribution in [0.15, 0.2) is 36.4 Å². The lowest BCUT2D eigenvalue weighted by molar-refractivity contribution is 0.301. The minimum atomic E-state index is 0.143. The van der Waals surface area contributed by atoms with Gasteiger partial charge in [0.05, 0.1) is 10.7 Å². The van der Waals surface area contributed by atoms with E-state index in [9.17, 15) is 0 Å². The first-order chi connectivity index (χ1) is 9.90. The second-order valence-corrected chi connectivity index (χ2v) is 6.35. The zero-order valence-electron chi connectivity index (χ0n) is 12.9. The lowest BCUT2D eigenvalue weighted by Gasteiger charge is -2.19. The Balaban J connectivity index is 2.06. The molecule has 0 atom stereocenters. The second-order valence-electron chi connectivity index (χ2n) is 5.94. The summed E-state index contributed by atoms with van der Waals surface area (Å²) in [4.78, 5) is 4.39. The molecule has 4 heteroatoms. The minimum absolute atomic E-state index is 0.143. The number of ether oxygens (including phenoxy) is 1. The van der Waals surface area contributed by atoms with E-state index >= 15 is 0 Å². The molecule has 1 aromatic heterocycles. The van der Waals surface area contributed by atoms with Crippen LogP contribution in [0, 0.1) is 0 Å². The Labute approximate surface area is 131 Å². The van der Waals surface area contributed by atoms with Crippen molar-refractivity contribution in [1.29, 1.82) is 0 Å². The van der Waals surface area contributed by atoms with Crippen molar-refractivity contribution in [2.45, 2.75) is 32.8 Å². The highest BCUT2D eigenvalue weighted by atomic mass is 35.5. The highest BCUT2D eigenvalue weighted by molar-refractivity contribution is 6.31. The fraction of sp³-hybridized carbons (Fsp3) is 0.353. The van der Waals surface area contributed by atoms with E-state index in [1.165, 1.54) is 5.56 Å². The third-order valence-electron chi connectivity index (χ3n) is 3.27. The molecule has 0 radical (unpaired) electrons. The summed E-state index contributed by atoms with van der Waals surface area (Å²) in [5.74, 6) is 1.59. The Hall–Kier alpha value is -1.74. The van der Waals surface area contributed by atoms with Crippen LogP contribution < -0.4 is 10.1 Å². The molecule has 0 aliphatic carbocycles. The lowest BCUT2D eigenvalue weighted by Crippen LogP contribution is -2.10. The SMILES string of the molecule is CNc1ccc(Cl)c(COc2ccc(C(C)(C)C)cc2)n1. The van der Waals surface area contributed by atoms with Gasteiger partial charge in [0.1, 0.15) is 18.2 Å². The maximum absolute atomic E-state index is 6.13. The number of pyridine rings is 1. The van der Waals surface area contributed by atoms with Crippen molar-refractivity contribution < 1.29 is 4.74 Å². The molecule has 0 saturated heterocycles. The maximum atomic E-state index is 6.13. The van der Waals surface area contributed by atoms with Gasteiger partial charge in [-0.1, -0.05) is 44.5 Å². The van der Waals surface area contributed by atoms with E-state index in [0.717, 1.165) is 17.3 Å². The van der Waals surface area contributed by atoms with E-state index in [4.69, 9.17) is 16.3 Å². The summed E-state index contributed by atoms with van der Waals surface area (Å²) in [5, 5.41) is 3.60. The van der Waals surface area contributed by atoms with Gasteiger partial charge in [-0.25, -0.2) is 4.98 Å². The van der Waals surface area contributed by atoms with Gasteiger partial charge in [-0.3, -0.25) is 0 Å². The third-order valence-corrected chi connectivity index (χ3v) is 3.61. The molecule has 1 heterocycles. The number of nitrogens with zero attached hydrogens (tertiary/aromatic N) is 1. The zero-order chi connectivity index (χ0) is 15.5. The fourth-order valence-corrected chi connectivity index (χ4v) is 2.09. The molecular weight excluding hydrogens is 284 g/mol.